The van der Waals surface area contributed by atoms with Gasteiger partial charge in [-0.05, 0) is 12.8 Å². The van der Waals surface area contributed by atoms with Crippen LogP contribution in [0, 0.1) is 0 Å². The lowest BCUT2D eigenvalue weighted by atomic mass is 9.93. The number of carboxylic acids is 1. The van der Waals surface area contributed by atoms with Crippen LogP contribution in [0.1, 0.15) is 37.1 Å². The second-order valence-corrected chi connectivity index (χ2v) is 5.77. The molecule has 1 aliphatic rings. The highest BCUT2D eigenvalue weighted by molar-refractivity contribution is 7.09. The van der Waals surface area contributed by atoms with Gasteiger partial charge in [-0.25, -0.2) is 9.78 Å². The molecule has 1 aromatic heterocycles. The summed E-state index contributed by atoms with van der Waals surface area (Å²) in [5.41, 5.74) is -0.585. The van der Waals surface area contributed by atoms with Crippen LogP contribution in [0.25, 0.3) is 0 Å². The van der Waals surface area contributed by atoms with Crippen LogP contribution in [0.15, 0.2) is 11.6 Å². The first-order valence-electron chi connectivity index (χ1n) is 6.26. The number of rotatable bonds is 5. The molecular weight excluding hydrogens is 266 g/mol. The molecule has 6 nitrogen and oxygen atoms in total. The van der Waals surface area contributed by atoms with Crippen molar-refractivity contribution in [3.63, 3.8) is 0 Å². The van der Waals surface area contributed by atoms with Crippen molar-refractivity contribution in [2.75, 3.05) is 0 Å². The van der Waals surface area contributed by atoms with E-state index in [9.17, 15) is 9.59 Å². The number of hydrogen-bond acceptors (Lipinski definition) is 4. The van der Waals surface area contributed by atoms with Crippen molar-refractivity contribution in [1.29, 1.82) is 0 Å². The van der Waals surface area contributed by atoms with E-state index < -0.39 is 11.5 Å². The van der Waals surface area contributed by atoms with Crippen molar-refractivity contribution in [3.8, 4) is 0 Å². The van der Waals surface area contributed by atoms with Crippen LogP contribution in [0.2, 0.25) is 0 Å². The van der Waals surface area contributed by atoms with Crippen molar-refractivity contribution in [1.82, 2.24) is 15.6 Å². The van der Waals surface area contributed by atoms with Gasteiger partial charge in [-0.3, -0.25) is 4.79 Å². The van der Waals surface area contributed by atoms with Crippen LogP contribution in [0.5, 0.6) is 0 Å². The minimum atomic E-state index is -0.873. The van der Waals surface area contributed by atoms with E-state index in [1.165, 1.54) is 11.3 Å². The van der Waals surface area contributed by atoms with Crippen LogP contribution in [0.4, 0.5) is 4.79 Å². The van der Waals surface area contributed by atoms with Crippen molar-refractivity contribution < 1.29 is 14.7 Å². The summed E-state index contributed by atoms with van der Waals surface area (Å²) in [6, 6.07) is -0.321. The van der Waals surface area contributed by atoms with E-state index in [0.717, 1.165) is 30.7 Å². The van der Waals surface area contributed by atoms with Crippen molar-refractivity contribution in [3.05, 3.63) is 16.6 Å². The molecule has 0 aliphatic heterocycles. The Hall–Kier alpha value is -1.63. The maximum absolute atomic E-state index is 11.8. The van der Waals surface area contributed by atoms with Crippen LogP contribution >= 0.6 is 11.3 Å². The summed E-state index contributed by atoms with van der Waals surface area (Å²) in [4.78, 5) is 26.8. The lowest BCUT2D eigenvalue weighted by Gasteiger charge is -2.28. The van der Waals surface area contributed by atoms with Gasteiger partial charge in [0.2, 0.25) is 0 Å². The summed E-state index contributed by atoms with van der Waals surface area (Å²) in [7, 11) is 0. The lowest BCUT2D eigenvalue weighted by molar-refractivity contribution is -0.138. The fourth-order valence-electron chi connectivity index (χ4n) is 2.47. The van der Waals surface area contributed by atoms with Gasteiger partial charge < -0.3 is 15.7 Å². The number of carboxylic acid groups (broad SMARTS) is 1. The molecule has 0 unspecified atom stereocenters. The van der Waals surface area contributed by atoms with Gasteiger partial charge in [0.25, 0.3) is 0 Å². The van der Waals surface area contributed by atoms with Gasteiger partial charge >= 0.3 is 12.0 Å². The number of thiazole rings is 1. The molecule has 0 aromatic carbocycles. The highest BCUT2D eigenvalue weighted by Gasteiger charge is 2.37. The molecule has 1 aliphatic carbocycles. The Balaban J connectivity index is 1.86. The summed E-state index contributed by atoms with van der Waals surface area (Å²) in [5.74, 6) is -0.873. The maximum Gasteiger partial charge on any atom is 0.315 e. The number of aliphatic carboxylic acids is 1. The Kier molecular flexibility index (Phi) is 4.36. The molecular formula is C12H17N3O3S. The minimum absolute atomic E-state index is 0.0162. The van der Waals surface area contributed by atoms with E-state index in [4.69, 9.17) is 5.11 Å². The molecule has 2 rings (SSSR count). The van der Waals surface area contributed by atoms with Gasteiger partial charge in [0.1, 0.15) is 5.01 Å². The maximum atomic E-state index is 11.8. The first-order chi connectivity index (χ1) is 9.10. The number of aromatic nitrogens is 1. The Morgan fingerprint density at radius 2 is 2.16 bits per heavy atom. The number of carbonyl (C=O) groups is 2. The van der Waals surface area contributed by atoms with Gasteiger partial charge in [0.15, 0.2) is 0 Å². The summed E-state index contributed by atoms with van der Waals surface area (Å²) in [5, 5.41) is 17.2. The third kappa shape index (κ3) is 3.92. The molecule has 3 N–H and O–H groups in total. The number of nitrogens with one attached hydrogen (secondary N) is 2. The van der Waals surface area contributed by atoms with Crippen LogP contribution in [0.3, 0.4) is 0 Å². The third-order valence-corrected chi connectivity index (χ3v) is 4.09. The van der Waals surface area contributed by atoms with Gasteiger partial charge in [-0.1, -0.05) is 12.8 Å². The van der Waals surface area contributed by atoms with E-state index in [1.807, 2.05) is 5.38 Å². The SMILES string of the molecule is O=C(O)CC1(NC(=O)NCc2nccs2)CCCC1. The first-order valence-corrected chi connectivity index (χ1v) is 7.14. The molecule has 0 atom stereocenters. The Morgan fingerprint density at radius 1 is 1.42 bits per heavy atom. The fraction of sp³-hybridized carbons (Fsp3) is 0.583. The molecule has 0 saturated heterocycles. The van der Waals surface area contributed by atoms with Crippen molar-refractivity contribution in [2.45, 2.75) is 44.2 Å². The normalized spacial score (nSPS) is 17.1. The van der Waals surface area contributed by atoms with Gasteiger partial charge in [0.05, 0.1) is 18.5 Å². The highest BCUT2D eigenvalue weighted by Crippen LogP contribution is 2.32. The Morgan fingerprint density at radius 3 is 2.74 bits per heavy atom. The zero-order valence-electron chi connectivity index (χ0n) is 10.5. The number of hydrogen-bond donors (Lipinski definition) is 3. The number of nitrogens with zero attached hydrogens (tertiary/aromatic N) is 1. The third-order valence-electron chi connectivity index (χ3n) is 3.31. The van der Waals surface area contributed by atoms with Gasteiger partial charge in [-0.15, -0.1) is 11.3 Å². The van der Waals surface area contributed by atoms with E-state index in [0.29, 0.717) is 6.54 Å². The number of carbonyl (C=O) groups excluding carboxylic acids is 1. The van der Waals surface area contributed by atoms with E-state index in [1.54, 1.807) is 6.20 Å². The van der Waals surface area contributed by atoms with Crippen LogP contribution in [-0.2, 0) is 11.3 Å². The highest BCUT2D eigenvalue weighted by atomic mass is 32.1. The summed E-state index contributed by atoms with van der Waals surface area (Å²) >= 11 is 1.47. The zero-order chi connectivity index (χ0) is 13.7. The van der Waals surface area contributed by atoms with Crippen LogP contribution in [-0.4, -0.2) is 27.6 Å². The molecule has 1 saturated carbocycles. The van der Waals surface area contributed by atoms with Gasteiger partial charge in [-0.2, -0.15) is 0 Å². The Bertz CT molecular complexity index is 441. The smallest absolute Gasteiger partial charge is 0.315 e. The lowest BCUT2D eigenvalue weighted by Crippen LogP contribution is -2.51. The molecule has 1 heterocycles. The Labute approximate surface area is 115 Å². The first kappa shape index (κ1) is 13.8. The predicted molar refractivity (Wildman–Crippen MR) is 70.9 cm³/mol. The molecule has 7 heteroatoms. The second kappa shape index (κ2) is 6.01. The molecule has 1 fully saturated rings. The summed E-state index contributed by atoms with van der Waals surface area (Å²) in [6.07, 6.45) is 5.04. The molecule has 0 spiro atoms. The average molecular weight is 283 g/mol. The monoisotopic (exact) mass is 283 g/mol. The molecule has 0 bridgehead atoms. The number of amides is 2. The van der Waals surface area contributed by atoms with E-state index >= 15 is 0 Å². The quantitative estimate of drug-likeness (QED) is 0.767. The average Bonchev–Trinajstić information content (AvgIpc) is 2.97. The summed E-state index contributed by atoms with van der Waals surface area (Å²) < 4.78 is 0. The number of urea groups is 1. The standard InChI is InChI=1S/C12H17N3O3S/c16-10(17)7-12(3-1-2-4-12)15-11(18)14-8-9-13-5-6-19-9/h5-6H,1-4,7-8H2,(H,16,17)(H2,14,15,18). The van der Waals surface area contributed by atoms with Crippen molar-refractivity contribution in [2.24, 2.45) is 0 Å². The second-order valence-electron chi connectivity index (χ2n) is 4.79. The molecule has 2 amide bonds. The molecule has 0 radical (unpaired) electrons. The van der Waals surface area contributed by atoms with Gasteiger partial charge in [0, 0.05) is 11.6 Å². The fourth-order valence-corrected chi connectivity index (χ4v) is 3.02. The summed E-state index contributed by atoms with van der Waals surface area (Å²) in [6.45, 7) is 0.368. The van der Waals surface area contributed by atoms with Crippen molar-refractivity contribution >= 4 is 23.3 Å². The molecule has 104 valence electrons. The molecule has 19 heavy (non-hydrogen) atoms. The minimum Gasteiger partial charge on any atom is -0.481 e. The van der Waals surface area contributed by atoms with E-state index in [2.05, 4.69) is 15.6 Å². The predicted octanol–water partition coefficient (Wildman–Crippen LogP) is 1.73. The molecule has 1 aromatic rings. The zero-order valence-corrected chi connectivity index (χ0v) is 11.3. The largest absolute Gasteiger partial charge is 0.481 e. The topological polar surface area (TPSA) is 91.3 Å². The van der Waals surface area contributed by atoms with E-state index in [-0.39, 0.29) is 12.5 Å². The van der Waals surface area contributed by atoms with Crippen LogP contribution < -0.4 is 10.6 Å².